The van der Waals surface area contributed by atoms with Crippen LogP contribution in [0.25, 0.3) is 0 Å². The Kier molecular flexibility index (Phi) is 11.3. The van der Waals surface area contributed by atoms with E-state index in [-0.39, 0.29) is 17.8 Å². The fraction of sp³-hybridized carbons (Fsp3) is 0.481. The first-order valence-corrected chi connectivity index (χ1v) is 15.0. The molecular weight excluding hydrogens is 532 g/mol. The summed E-state index contributed by atoms with van der Waals surface area (Å²) in [6.45, 7) is 0.288. The standard InChI is InChI=1S/C27H37ClN2O7S/c1-38-15-22(31)24(33)25(34)26(38)17-7-10-20(28)18(13-17)12-16-5-8-19(9-6-16)37-14-23(32)30-11-3-2-4-21(29)27(35)36/h5-10,13,21-22,24-26,31,33-34,38H,2-4,11-12,14-15,29H2,1H3,(H,30,32)(H,35,36)/t21-,22+,24+,25+,26-/m0/s1. The van der Waals surface area contributed by atoms with Crippen LogP contribution in [-0.2, 0) is 16.0 Å². The molecule has 11 heteroatoms. The van der Waals surface area contributed by atoms with Crippen molar-refractivity contribution in [1.29, 1.82) is 0 Å². The Morgan fingerprint density at radius 3 is 2.53 bits per heavy atom. The second-order valence-electron chi connectivity index (χ2n) is 9.68. The van der Waals surface area contributed by atoms with Gasteiger partial charge in [-0.1, -0.05) is 35.9 Å². The molecule has 1 unspecified atom stereocenters. The molecule has 1 aliphatic heterocycles. The van der Waals surface area contributed by atoms with Crippen LogP contribution < -0.4 is 15.8 Å². The third kappa shape index (κ3) is 8.33. The summed E-state index contributed by atoms with van der Waals surface area (Å²) in [7, 11) is -0.722. The third-order valence-corrected chi connectivity index (χ3v) is 9.57. The maximum absolute atomic E-state index is 12.0. The van der Waals surface area contributed by atoms with Crippen molar-refractivity contribution in [2.24, 2.45) is 5.73 Å². The van der Waals surface area contributed by atoms with Gasteiger partial charge in [-0.3, -0.25) is 9.59 Å². The smallest absolute Gasteiger partial charge is 0.320 e. The van der Waals surface area contributed by atoms with Crippen molar-refractivity contribution >= 4 is 34.4 Å². The lowest BCUT2D eigenvalue weighted by Gasteiger charge is -2.42. The van der Waals surface area contributed by atoms with E-state index < -0.39 is 41.2 Å². The number of aliphatic hydroxyl groups excluding tert-OH is 3. The molecule has 0 spiro atoms. The molecule has 7 N–H and O–H groups in total. The lowest BCUT2D eigenvalue weighted by atomic mass is 9.96. The van der Waals surface area contributed by atoms with Crippen molar-refractivity contribution in [3.63, 3.8) is 0 Å². The second kappa shape index (κ2) is 14.2. The second-order valence-corrected chi connectivity index (χ2v) is 12.5. The van der Waals surface area contributed by atoms with E-state index in [4.69, 9.17) is 27.2 Å². The number of hydrogen-bond donors (Lipinski definition) is 7. The number of unbranched alkanes of at least 4 members (excludes halogenated alkanes) is 1. The number of carbonyl (C=O) groups is 2. The number of nitrogens with two attached hydrogens (primary N) is 1. The SMILES string of the molecule is C[SH]1C[C@@H](O)[C@@H](O)[C@@H](O)[C@@H]1c1ccc(Cl)c(Cc2ccc(OCC(=O)NCCCC[C@H](N)C(=O)O)cc2)c1. The van der Waals surface area contributed by atoms with Crippen molar-refractivity contribution in [3.05, 3.63) is 64.2 Å². The van der Waals surface area contributed by atoms with Crippen LogP contribution in [0.5, 0.6) is 5.75 Å². The normalized spacial score (nSPS) is 24.9. The minimum atomic E-state index is -1.17. The van der Waals surface area contributed by atoms with Crippen LogP contribution in [0.2, 0.25) is 5.02 Å². The fourth-order valence-electron chi connectivity index (χ4n) is 4.52. The van der Waals surface area contributed by atoms with Crippen LogP contribution in [0, 0.1) is 0 Å². The number of aliphatic hydroxyl groups is 3. The maximum Gasteiger partial charge on any atom is 0.320 e. The van der Waals surface area contributed by atoms with Gasteiger partial charge in [0.25, 0.3) is 5.91 Å². The number of rotatable bonds is 12. The predicted molar refractivity (Wildman–Crippen MR) is 149 cm³/mol. The largest absolute Gasteiger partial charge is 0.484 e. The summed E-state index contributed by atoms with van der Waals surface area (Å²) in [5, 5.41) is 42.6. The molecule has 0 bridgehead atoms. The molecule has 0 saturated carbocycles. The molecule has 1 saturated heterocycles. The first-order chi connectivity index (χ1) is 18.1. The first-order valence-electron chi connectivity index (χ1n) is 12.6. The number of benzene rings is 2. The maximum atomic E-state index is 12.0. The Labute approximate surface area is 230 Å². The van der Waals surface area contributed by atoms with Gasteiger partial charge in [0.2, 0.25) is 0 Å². The minimum absolute atomic E-state index is 0.133. The first kappa shape index (κ1) is 30.2. The molecule has 2 aromatic carbocycles. The molecule has 1 amide bonds. The molecule has 38 heavy (non-hydrogen) atoms. The summed E-state index contributed by atoms with van der Waals surface area (Å²) < 4.78 is 5.56. The molecule has 0 radical (unpaired) electrons. The predicted octanol–water partition coefficient (Wildman–Crippen LogP) is 1.78. The zero-order chi connectivity index (χ0) is 27.8. The average Bonchev–Trinajstić information content (AvgIpc) is 2.88. The lowest BCUT2D eigenvalue weighted by molar-refractivity contribution is -0.138. The number of carboxylic acid groups (broad SMARTS) is 1. The number of nitrogens with one attached hydrogen (secondary N) is 1. The number of carbonyl (C=O) groups excluding carboxylic acids is 1. The highest BCUT2D eigenvalue weighted by molar-refractivity contribution is 8.16. The molecule has 0 aliphatic carbocycles. The molecule has 9 nitrogen and oxygen atoms in total. The lowest BCUT2D eigenvalue weighted by Crippen LogP contribution is -2.47. The van der Waals surface area contributed by atoms with Gasteiger partial charge in [0.05, 0.1) is 12.2 Å². The molecule has 1 heterocycles. The number of thiol groups is 1. The van der Waals surface area contributed by atoms with E-state index in [9.17, 15) is 24.9 Å². The number of aliphatic carboxylic acids is 1. The summed E-state index contributed by atoms with van der Waals surface area (Å²) in [5.74, 6) is -0.275. The van der Waals surface area contributed by atoms with E-state index in [1.165, 1.54) is 0 Å². The Morgan fingerprint density at radius 1 is 1.13 bits per heavy atom. The summed E-state index contributed by atoms with van der Waals surface area (Å²) >= 11 is 6.47. The van der Waals surface area contributed by atoms with Gasteiger partial charge < -0.3 is 36.2 Å². The van der Waals surface area contributed by atoms with Crippen molar-refractivity contribution in [2.75, 3.05) is 25.2 Å². The molecule has 210 valence electrons. The average molecular weight is 569 g/mol. The molecular formula is C27H37ClN2O7S. The quantitative estimate of drug-likeness (QED) is 0.150. The van der Waals surface area contributed by atoms with Crippen LogP contribution >= 0.6 is 22.5 Å². The van der Waals surface area contributed by atoms with E-state index in [1.807, 2.05) is 30.5 Å². The summed E-state index contributed by atoms with van der Waals surface area (Å²) in [5.41, 5.74) is 8.22. The van der Waals surface area contributed by atoms with Gasteiger partial charge in [-0.25, -0.2) is 10.9 Å². The van der Waals surface area contributed by atoms with Crippen molar-refractivity contribution in [3.8, 4) is 5.75 Å². The van der Waals surface area contributed by atoms with Crippen molar-refractivity contribution in [1.82, 2.24) is 5.32 Å². The van der Waals surface area contributed by atoms with Gasteiger partial charge in [-0.15, -0.1) is 0 Å². The third-order valence-electron chi connectivity index (χ3n) is 6.70. The number of amides is 1. The fourth-order valence-corrected chi connectivity index (χ4v) is 7.11. The van der Waals surface area contributed by atoms with Crippen molar-refractivity contribution < 1.29 is 34.8 Å². The van der Waals surface area contributed by atoms with E-state index in [2.05, 4.69) is 5.32 Å². The number of hydrogen-bond acceptors (Lipinski definition) is 7. The van der Waals surface area contributed by atoms with E-state index in [1.54, 1.807) is 18.2 Å². The Morgan fingerprint density at radius 2 is 1.84 bits per heavy atom. The van der Waals surface area contributed by atoms with Crippen LogP contribution in [0.1, 0.15) is 41.2 Å². The van der Waals surface area contributed by atoms with Gasteiger partial charge in [0, 0.05) is 22.6 Å². The van der Waals surface area contributed by atoms with E-state index in [0.717, 1.165) is 16.7 Å². The Hall–Kier alpha value is -2.34. The summed E-state index contributed by atoms with van der Waals surface area (Å²) in [6, 6.07) is 12.1. The van der Waals surface area contributed by atoms with E-state index in [0.29, 0.717) is 48.8 Å². The molecule has 0 aromatic heterocycles. The van der Waals surface area contributed by atoms with E-state index >= 15 is 0 Å². The van der Waals surface area contributed by atoms with Crippen LogP contribution in [0.4, 0.5) is 0 Å². The molecule has 1 aliphatic rings. The number of halogens is 1. The van der Waals surface area contributed by atoms with Crippen LogP contribution in [-0.4, -0.2) is 81.8 Å². The zero-order valence-electron chi connectivity index (χ0n) is 21.3. The summed E-state index contributed by atoms with van der Waals surface area (Å²) in [6.07, 6.45) is 1.05. The monoisotopic (exact) mass is 568 g/mol. The highest BCUT2D eigenvalue weighted by Crippen LogP contribution is 2.48. The Balaban J connectivity index is 1.50. The van der Waals surface area contributed by atoms with Crippen molar-refractivity contribution in [2.45, 2.75) is 55.3 Å². The zero-order valence-corrected chi connectivity index (χ0v) is 22.9. The molecule has 1 fully saturated rings. The minimum Gasteiger partial charge on any atom is -0.484 e. The number of ether oxygens (including phenoxy) is 1. The highest BCUT2D eigenvalue weighted by atomic mass is 35.5. The van der Waals surface area contributed by atoms with Gasteiger partial charge >= 0.3 is 5.97 Å². The van der Waals surface area contributed by atoms with Crippen LogP contribution in [0.15, 0.2) is 42.5 Å². The van der Waals surface area contributed by atoms with Gasteiger partial charge in [-0.05, 0) is 66.8 Å². The molecule has 2 aromatic rings. The van der Waals surface area contributed by atoms with Crippen LogP contribution in [0.3, 0.4) is 0 Å². The Bertz CT molecular complexity index is 1090. The van der Waals surface area contributed by atoms with Gasteiger partial charge in [0.1, 0.15) is 17.9 Å². The van der Waals surface area contributed by atoms with Gasteiger partial charge in [0.15, 0.2) is 6.61 Å². The highest BCUT2D eigenvalue weighted by Gasteiger charge is 2.40. The number of carboxylic acids is 1. The summed E-state index contributed by atoms with van der Waals surface area (Å²) in [4.78, 5) is 22.7. The topological polar surface area (TPSA) is 162 Å². The molecule has 3 rings (SSSR count). The molecule has 6 atom stereocenters. The van der Waals surface area contributed by atoms with Gasteiger partial charge in [-0.2, -0.15) is 0 Å².